The molecule has 33 heavy (non-hydrogen) atoms. The smallest absolute Gasteiger partial charge is 0.227 e. The Bertz CT molecular complexity index is 1130. The Morgan fingerprint density at radius 3 is 2.55 bits per heavy atom. The molecule has 7 nitrogen and oxygen atoms in total. The summed E-state index contributed by atoms with van der Waals surface area (Å²) in [5, 5.41) is 0. The molecule has 0 aromatic carbocycles. The van der Waals surface area contributed by atoms with E-state index in [0.29, 0.717) is 5.91 Å². The summed E-state index contributed by atoms with van der Waals surface area (Å²) in [6, 6.07) is 8.93. The lowest BCUT2D eigenvalue weighted by Gasteiger charge is -2.42. The van der Waals surface area contributed by atoms with E-state index >= 15 is 0 Å². The maximum Gasteiger partial charge on any atom is 0.227 e. The van der Waals surface area contributed by atoms with Crippen LogP contribution >= 0.6 is 0 Å². The number of aromatic nitrogens is 3. The third kappa shape index (κ3) is 3.97. The average Bonchev–Trinajstić information content (AvgIpc) is 3.39. The monoisotopic (exact) mass is 446 g/mol. The zero-order chi connectivity index (χ0) is 22.2. The van der Waals surface area contributed by atoms with Crippen molar-refractivity contribution in [3.05, 3.63) is 36.7 Å². The summed E-state index contributed by atoms with van der Waals surface area (Å²) < 4.78 is 2.17. The van der Waals surface area contributed by atoms with Crippen LogP contribution in [0.3, 0.4) is 0 Å². The van der Waals surface area contributed by atoms with Crippen LogP contribution in [0, 0.1) is 5.92 Å². The van der Waals surface area contributed by atoms with E-state index < -0.39 is 0 Å². The minimum absolute atomic E-state index is 0.0521. The number of hydrogen-bond donors (Lipinski definition) is 0. The Hall–Kier alpha value is -2.67. The van der Waals surface area contributed by atoms with Gasteiger partial charge in [0.15, 0.2) is 11.5 Å². The van der Waals surface area contributed by atoms with Gasteiger partial charge in [-0.05, 0) is 49.9 Å². The third-order valence-electron chi connectivity index (χ3n) is 8.00. The molecule has 174 valence electrons. The van der Waals surface area contributed by atoms with Gasteiger partial charge in [0, 0.05) is 57.7 Å². The summed E-state index contributed by atoms with van der Waals surface area (Å²) in [5.74, 6) is 1.34. The Kier molecular flexibility index (Phi) is 5.66. The van der Waals surface area contributed by atoms with Crippen molar-refractivity contribution in [1.82, 2.24) is 24.2 Å². The number of piperidine rings is 1. The van der Waals surface area contributed by atoms with Crippen LogP contribution in [0.1, 0.15) is 44.9 Å². The fraction of sp³-hybridized carbons (Fsp3) is 0.577. The highest BCUT2D eigenvalue weighted by Gasteiger charge is 2.33. The van der Waals surface area contributed by atoms with Gasteiger partial charge < -0.3 is 14.2 Å². The summed E-state index contributed by atoms with van der Waals surface area (Å²) >= 11 is 0. The third-order valence-corrected chi connectivity index (χ3v) is 8.00. The van der Waals surface area contributed by atoms with Crippen LogP contribution in [0.15, 0.2) is 36.7 Å². The van der Waals surface area contributed by atoms with Crippen LogP contribution in [0.5, 0.6) is 0 Å². The number of carbonyl (C=O) groups excluding carboxylic acids is 1. The number of amides is 1. The SMILES string of the molecule is O=C(C1CCCN(c2nc3ncccc3n3cccc23)C1)N1CCN(C2CCCCC2)CC1. The Morgan fingerprint density at radius 1 is 0.879 bits per heavy atom. The molecule has 3 aromatic rings. The molecule has 3 fully saturated rings. The van der Waals surface area contributed by atoms with Crippen LogP contribution in [0.2, 0.25) is 0 Å². The van der Waals surface area contributed by atoms with Gasteiger partial charge in [-0.1, -0.05) is 19.3 Å². The summed E-state index contributed by atoms with van der Waals surface area (Å²) in [7, 11) is 0. The standard InChI is InChI=1S/C26H34N6O/c33-26(30-17-15-29(16-18-30)21-8-2-1-3-9-21)20-7-5-13-31(19-20)25-23-11-6-14-32(23)22-10-4-12-27-24(22)28-25/h4,6,10-12,14,20-21H,1-3,5,7-9,13,15-19H2. The largest absolute Gasteiger partial charge is 0.354 e. The van der Waals surface area contributed by atoms with Crippen molar-refractivity contribution in [2.75, 3.05) is 44.2 Å². The number of carbonyl (C=O) groups is 1. The molecule has 3 aromatic heterocycles. The maximum atomic E-state index is 13.5. The molecular weight excluding hydrogens is 412 g/mol. The van der Waals surface area contributed by atoms with Gasteiger partial charge in [0.05, 0.1) is 17.0 Å². The van der Waals surface area contributed by atoms with E-state index in [-0.39, 0.29) is 5.92 Å². The zero-order valence-electron chi connectivity index (χ0n) is 19.4. The maximum absolute atomic E-state index is 13.5. The summed E-state index contributed by atoms with van der Waals surface area (Å²) in [4.78, 5) is 30.0. The van der Waals surface area contributed by atoms with Gasteiger partial charge >= 0.3 is 0 Å². The van der Waals surface area contributed by atoms with Gasteiger partial charge in [0.1, 0.15) is 0 Å². The highest BCUT2D eigenvalue weighted by molar-refractivity contribution is 5.84. The molecule has 0 bridgehead atoms. The normalized spacial score (nSPS) is 23.5. The zero-order valence-corrected chi connectivity index (χ0v) is 19.4. The van der Waals surface area contributed by atoms with Crippen molar-refractivity contribution in [2.24, 2.45) is 5.92 Å². The molecule has 0 spiro atoms. The molecule has 1 amide bonds. The topological polar surface area (TPSA) is 57.0 Å². The quantitative estimate of drug-likeness (QED) is 0.616. The first-order valence-corrected chi connectivity index (χ1v) is 12.8. The second-order valence-electron chi connectivity index (χ2n) is 9.98. The van der Waals surface area contributed by atoms with Crippen LogP contribution in [0.4, 0.5) is 5.82 Å². The van der Waals surface area contributed by atoms with Crippen LogP contribution in [-0.2, 0) is 4.79 Å². The molecule has 6 rings (SSSR count). The van der Waals surface area contributed by atoms with Crippen molar-refractivity contribution in [2.45, 2.75) is 51.0 Å². The van der Waals surface area contributed by atoms with Gasteiger partial charge in [-0.3, -0.25) is 9.69 Å². The van der Waals surface area contributed by atoms with Crippen LogP contribution in [0.25, 0.3) is 16.7 Å². The van der Waals surface area contributed by atoms with Crippen LogP contribution < -0.4 is 4.90 Å². The first-order valence-electron chi connectivity index (χ1n) is 12.8. The minimum atomic E-state index is 0.0521. The Balaban J connectivity index is 1.16. The predicted octanol–water partition coefficient (Wildman–Crippen LogP) is 3.58. The predicted molar refractivity (Wildman–Crippen MR) is 130 cm³/mol. The number of fused-ring (bicyclic) bond motifs is 3. The second-order valence-corrected chi connectivity index (χ2v) is 9.98. The van der Waals surface area contributed by atoms with Crippen molar-refractivity contribution in [3.8, 4) is 0 Å². The summed E-state index contributed by atoms with van der Waals surface area (Å²) in [6.45, 7) is 5.52. The molecule has 1 atom stereocenters. The molecular formula is C26H34N6O. The Morgan fingerprint density at radius 2 is 1.70 bits per heavy atom. The molecule has 0 N–H and O–H groups in total. The number of pyridine rings is 1. The van der Waals surface area contributed by atoms with Crippen molar-refractivity contribution in [1.29, 1.82) is 0 Å². The summed E-state index contributed by atoms with van der Waals surface area (Å²) in [5.41, 5.74) is 2.86. The first-order chi connectivity index (χ1) is 16.3. The van der Waals surface area contributed by atoms with Crippen molar-refractivity contribution >= 4 is 28.4 Å². The highest BCUT2D eigenvalue weighted by Crippen LogP contribution is 2.30. The molecule has 3 aliphatic rings. The molecule has 1 saturated carbocycles. The molecule has 7 heteroatoms. The second kappa shape index (κ2) is 8.93. The van der Waals surface area contributed by atoms with Gasteiger partial charge in [-0.2, -0.15) is 0 Å². The van der Waals surface area contributed by atoms with Gasteiger partial charge in [-0.25, -0.2) is 9.97 Å². The highest BCUT2D eigenvalue weighted by atomic mass is 16.2. The average molecular weight is 447 g/mol. The number of rotatable bonds is 3. The molecule has 0 radical (unpaired) electrons. The Labute approximate surface area is 195 Å². The lowest BCUT2D eigenvalue weighted by molar-refractivity contribution is -0.138. The fourth-order valence-corrected chi connectivity index (χ4v) is 6.21. The number of hydrogen-bond acceptors (Lipinski definition) is 5. The van der Waals surface area contributed by atoms with E-state index in [0.717, 1.165) is 80.7 Å². The van der Waals surface area contributed by atoms with Gasteiger partial charge in [-0.15, -0.1) is 0 Å². The number of piperazine rings is 1. The van der Waals surface area contributed by atoms with E-state index in [9.17, 15) is 4.79 Å². The van der Waals surface area contributed by atoms with E-state index in [4.69, 9.17) is 4.98 Å². The van der Waals surface area contributed by atoms with E-state index in [1.807, 2.05) is 6.07 Å². The minimum Gasteiger partial charge on any atom is -0.354 e. The molecule has 1 unspecified atom stereocenters. The molecule has 1 aliphatic carbocycles. The van der Waals surface area contributed by atoms with E-state index in [1.165, 1.54) is 32.1 Å². The van der Waals surface area contributed by atoms with E-state index in [2.05, 4.69) is 48.5 Å². The molecule has 2 saturated heterocycles. The molecule has 5 heterocycles. The van der Waals surface area contributed by atoms with Crippen molar-refractivity contribution in [3.63, 3.8) is 0 Å². The number of nitrogens with zero attached hydrogens (tertiary/aromatic N) is 6. The number of anilines is 1. The molecule has 2 aliphatic heterocycles. The van der Waals surface area contributed by atoms with Gasteiger partial charge in [0.2, 0.25) is 5.91 Å². The summed E-state index contributed by atoms with van der Waals surface area (Å²) in [6.07, 6.45) is 12.7. The first kappa shape index (κ1) is 20.9. The van der Waals surface area contributed by atoms with Crippen molar-refractivity contribution < 1.29 is 4.79 Å². The fourth-order valence-electron chi connectivity index (χ4n) is 6.21. The van der Waals surface area contributed by atoms with E-state index in [1.54, 1.807) is 6.20 Å². The lowest BCUT2D eigenvalue weighted by atomic mass is 9.93. The lowest BCUT2D eigenvalue weighted by Crippen LogP contribution is -2.54. The van der Waals surface area contributed by atoms with Gasteiger partial charge in [0.25, 0.3) is 0 Å². The van der Waals surface area contributed by atoms with Crippen LogP contribution in [-0.4, -0.2) is 75.4 Å².